The molecular formula is C16H23F3O3. The van der Waals surface area contributed by atoms with E-state index in [-0.39, 0.29) is 0 Å². The minimum Gasteiger partial charge on any atom is -0.364 e. The van der Waals surface area contributed by atoms with Gasteiger partial charge in [0.15, 0.2) is 6.29 Å². The quantitative estimate of drug-likeness (QED) is 0.740. The monoisotopic (exact) mass is 320 g/mol. The number of hydrogen-bond acceptors (Lipinski definition) is 3. The lowest BCUT2D eigenvalue weighted by atomic mass is 10.0. The molecule has 0 aromatic rings. The van der Waals surface area contributed by atoms with Gasteiger partial charge in [-0.2, -0.15) is 13.2 Å². The number of halogens is 3. The molecule has 0 N–H and O–H groups in total. The molecule has 3 nitrogen and oxygen atoms in total. The van der Waals surface area contributed by atoms with Crippen LogP contribution in [-0.2, 0) is 14.2 Å². The maximum atomic E-state index is 12.1. The van der Waals surface area contributed by atoms with Crippen LogP contribution in [0, 0.1) is 5.92 Å². The van der Waals surface area contributed by atoms with E-state index < -0.39 is 25.2 Å². The second-order valence-corrected chi connectivity index (χ2v) is 5.77. The summed E-state index contributed by atoms with van der Waals surface area (Å²) in [5, 5.41) is 0. The fourth-order valence-electron chi connectivity index (χ4n) is 2.51. The maximum absolute atomic E-state index is 12.1. The Kier molecular flexibility index (Phi) is 6.47. The molecule has 126 valence electrons. The largest absolute Gasteiger partial charge is 0.411 e. The second kappa shape index (κ2) is 8.13. The van der Waals surface area contributed by atoms with Crippen LogP contribution in [0.5, 0.6) is 0 Å². The van der Waals surface area contributed by atoms with E-state index in [9.17, 15) is 13.2 Å². The highest BCUT2D eigenvalue weighted by Gasteiger charge is 2.30. The van der Waals surface area contributed by atoms with Crippen molar-refractivity contribution in [3.63, 3.8) is 0 Å². The third kappa shape index (κ3) is 5.74. The summed E-state index contributed by atoms with van der Waals surface area (Å²) in [6, 6.07) is 0. The van der Waals surface area contributed by atoms with E-state index in [0.717, 1.165) is 18.4 Å². The average molecular weight is 320 g/mol. The molecule has 0 saturated carbocycles. The van der Waals surface area contributed by atoms with Gasteiger partial charge in [-0.15, -0.1) is 0 Å². The van der Waals surface area contributed by atoms with Gasteiger partial charge in [-0.1, -0.05) is 38.0 Å². The van der Waals surface area contributed by atoms with Gasteiger partial charge in [0.05, 0.1) is 19.3 Å². The Balaban J connectivity index is 1.72. The number of rotatable bonds is 6. The maximum Gasteiger partial charge on any atom is 0.411 e. The van der Waals surface area contributed by atoms with Crippen molar-refractivity contribution in [3.8, 4) is 0 Å². The molecule has 1 aliphatic carbocycles. The van der Waals surface area contributed by atoms with Crippen molar-refractivity contribution in [2.75, 3.05) is 19.8 Å². The minimum absolute atomic E-state index is 0.405. The first-order valence-corrected chi connectivity index (χ1v) is 7.77. The van der Waals surface area contributed by atoms with Gasteiger partial charge >= 0.3 is 6.18 Å². The number of ether oxygens (including phenoxy) is 3. The van der Waals surface area contributed by atoms with Crippen LogP contribution in [-0.4, -0.2) is 38.4 Å². The van der Waals surface area contributed by atoms with Crippen LogP contribution in [0.15, 0.2) is 23.8 Å². The summed E-state index contributed by atoms with van der Waals surface area (Å²) in [5.74, 6) is 0.437. The molecule has 1 saturated heterocycles. The molecule has 0 aromatic carbocycles. The van der Waals surface area contributed by atoms with Gasteiger partial charge in [0.2, 0.25) is 0 Å². The lowest BCUT2D eigenvalue weighted by Gasteiger charge is -2.31. The molecule has 22 heavy (non-hydrogen) atoms. The smallest absolute Gasteiger partial charge is 0.364 e. The fourth-order valence-corrected chi connectivity index (χ4v) is 2.51. The van der Waals surface area contributed by atoms with Crippen molar-refractivity contribution in [3.05, 3.63) is 23.8 Å². The topological polar surface area (TPSA) is 27.7 Å². The lowest BCUT2D eigenvalue weighted by Crippen LogP contribution is -2.33. The zero-order chi connectivity index (χ0) is 16.0. The molecule has 1 heterocycles. The van der Waals surface area contributed by atoms with Gasteiger partial charge in [-0.05, 0) is 12.8 Å². The van der Waals surface area contributed by atoms with Crippen molar-refractivity contribution in [2.24, 2.45) is 5.92 Å². The van der Waals surface area contributed by atoms with Crippen molar-refractivity contribution in [1.29, 1.82) is 0 Å². The summed E-state index contributed by atoms with van der Waals surface area (Å²) in [6.45, 7) is 2.27. The third-order valence-electron chi connectivity index (χ3n) is 3.75. The first kappa shape index (κ1) is 17.5. The third-order valence-corrected chi connectivity index (χ3v) is 3.75. The molecule has 1 unspecified atom stereocenters. The zero-order valence-corrected chi connectivity index (χ0v) is 12.8. The highest BCUT2D eigenvalue weighted by Crippen LogP contribution is 2.25. The fraction of sp³-hybridized carbons (Fsp3) is 0.750. The molecule has 0 spiro atoms. The van der Waals surface area contributed by atoms with Crippen LogP contribution in [0.25, 0.3) is 0 Å². The van der Waals surface area contributed by atoms with Crippen molar-refractivity contribution in [2.45, 2.75) is 51.2 Å². The van der Waals surface area contributed by atoms with E-state index in [1.165, 1.54) is 6.42 Å². The summed E-state index contributed by atoms with van der Waals surface area (Å²) in [6.07, 6.45) is 3.81. The van der Waals surface area contributed by atoms with Crippen LogP contribution in [0.1, 0.15) is 32.6 Å². The Morgan fingerprint density at radius 1 is 1.27 bits per heavy atom. The van der Waals surface area contributed by atoms with E-state index in [1.54, 1.807) is 12.2 Å². The molecule has 6 heteroatoms. The summed E-state index contributed by atoms with van der Waals surface area (Å²) in [7, 11) is 0. The molecule has 1 aliphatic heterocycles. The highest BCUT2D eigenvalue weighted by atomic mass is 19.4. The predicted molar refractivity (Wildman–Crippen MR) is 76.3 cm³/mol. The number of unbranched alkanes of at least 4 members (excludes halogenated alkanes) is 1. The summed E-state index contributed by atoms with van der Waals surface area (Å²) < 4.78 is 52.5. The van der Waals surface area contributed by atoms with E-state index in [0.29, 0.717) is 25.6 Å². The number of hydrogen-bond donors (Lipinski definition) is 0. The van der Waals surface area contributed by atoms with Gasteiger partial charge in [0, 0.05) is 11.5 Å². The van der Waals surface area contributed by atoms with Crippen LogP contribution >= 0.6 is 0 Å². The number of alkyl halides is 3. The highest BCUT2D eigenvalue weighted by molar-refractivity contribution is 5.27. The summed E-state index contributed by atoms with van der Waals surface area (Å²) >= 11 is 0. The summed E-state index contributed by atoms with van der Waals surface area (Å²) in [4.78, 5) is 0. The molecule has 1 fully saturated rings. The first-order valence-electron chi connectivity index (χ1n) is 7.77. The van der Waals surface area contributed by atoms with E-state index in [1.807, 2.05) is 6.08 Å². The molecule has 0 aromatic heterocycles. The zero-order valence-electron chi connectivity index (χ0n) is 12.8. The normalized spacial score (nSPS) is 29.5. The Hall–Kier alpha value is -0.850. The van der Waals surface area contributed by atoms with Gasteiger partial charge < -0.3 is 14.2 Å². The van der Waals surface area contributed by atoms with Crippen molar-refractivity contribution < 1.29 is 27.4 Å². The second-order valence-electron chi connectivity index (χ2n) is 5.77. The predicted octanol–water partition coefficient (Wildman–Crippen LogP) is 4.00. The molecule has 0 bridgehead atoms. The molecule has 2 rings (SSSR count). The van der Waals surface area contributed by atoms with Gasteiger partial charge in [0.1, 0.15) is 6.61 Å². The van der Waals surface area contributed by atoms with E-state index >= 15 is 0 Å². The molecular weight excluding hydrogens is 297 g/mol. The van der Waals surface area contributed by atoms with Gasteiger partial charge in [0.25, 0.3) is 0 Å². The Bertz CT molecular complexity index is 396. The lowest BCUT2D eigenvalue weighted by molar-refractivity contribution is -0.183. The summed E-state index contributed by atoms with van der Waals surface area (Å²) in [5.41, 5.74) is 0.862. The Morgan fingerprint density at radius 3 is 2.55 bits per heavy atom. The average Bonchev–Trinajstić information content (AvgIpc) is 2.51. The molecule has 0 amide bonds. The standard InChI is InChI=1S/C16H23F3O3/c1-2-3-4-12-9-20-15(21-10-12)13-5-7-14(8-6-13)22-11-16(17,18)19/h5-7,12,14-15H,2-4,8-11H2,1H3. The van der Waals surface area contributed by atoms with Crippen molar-refractivity contribution >= 4 is 0 Å². The first-order chi connectivity index (χ1) is 10.5. The van der Waals surface area contributed by atoms with Crippen LogP contribution in [0.4, 0.5) is 13.2 Å². The van der Waals surface area contributed by atoms with Gasteiger partial charge in [-0.3, -0.25) is 0 Å². The minimum atomic E-state index is -4.29. The van der Waals surface area contributed by atoms with Gasteiger partial charge in [-0.25, -0.2) is 0 Å². The molecule has 1 atom stereocenters. The van der Waals surface area contributed by atoms with Crippen molar-refractivity contribution in [1.82, 2.24) is 0 Å². The Labute approximate surface area is 129 Å². The van der Waals surface area contributed by atoms with E-state index in [2.05, 4.69) is 6.92 Å². The van der Waals surface area contributed by atoms with Crippen LogP contribution < -0.4 is 0 Å². The molecule has 0 radical (unpaired) electrons. The van der Waals surface area contributed by atoms with Crippen LogP contribution in [0.2, 0.25) is 0 Å². The molecule has 2 aliphatic rings. The Morgan fingerprint density at radius 2 is 2.00 bits per heavy atom. The SMILES string of the molecule is CCCCC1COC(C2=CCC(OCC(F)(F)F)C=C2)OC1. The van der Waals surface area contributed by atoms with E-state index in [4.69, 9.17) is 14.2 Å². The van der Waals surface area contributed by atoms with Crippen LogP contribution in [0.3, 0.4) is 0 Å².